The molecule has 2 aliphatic rings. The Kier molecular flexibility index (Phi) is 2.38. The molecule has 0 bridgehead atoms. The van der Waals surface area contributed by atoms with E-state index in [0.717, 1.165) is 0 Å². The maximum Gasteiger partial charge on any atom is 0.0441 e. The van der Waals surface area contributed by atoms with Gasteiger partial charge in [-0.25, -0.2) is 0 Å². The van der Waals surface area contributed by atoms with Gasteiger partial charge in [-0.3, -0.25) is 0 Å². The lowest BCUT2D eigenvalue weighted by molar-refractivity contribution is 0.130. The van der Waals surface area contributed by atoms with Crippen LogP contribution in [0.2, 0.25) is 0 Å². The summed E-state index contributed by atoms with van der Waals surface area (Å²) in [6.45, 7) is 4.75. The number of nitrogens with two attached hydrogens (primary N) is 1. The van der Waals surface area contributed by atoms with E-state index in [-0.39, 0.29) is 5.54 Å². The number of fused-ring (bicyclic) bond motifs is 3. The smallest absolute Gasteiger partial charge is 0.0441 e. The molecule has 0 unspecified atom stereocenters. The summed E-state index contributed by atoms with van der Waals surface area (Å²) in [6.07, 6.45) is 6.39. The average molecular weight is 229 g/mol. The summed E-state index contributed by atoms with van der Waals surface area (Å²) in [5, 5.41) is 0. The second kappa shape index (κ2) is 3.58. The SMILES string of the molecule is CC1(C)C[C@@H]2CCCC[C@]2(N)c2ccccc21. The van der Waals surface area contributed by atoms with Crippen LogP contribution in [0.15, 0.2) is 24.3 Å². The van der Waals surface area contributed by atoms with Gasteiger partial charge in [0.15, 0.2) is 0 Å². The molecule has 0 aromatic heterocycles. The first kappa shape index (κ1) is 11.3. The minimum atomic E-state index is -0.0373. The van der Waals surface area contributed by atoms with Crippen molar-refractivity contribution in [3.05, 3.63) is 35.4 Å². The van der Waals surface area contributed by atoms with Crippen LogP contribution in [0.1, 0.15) is 57.1 Å². The van der Waals surface area contributed by atoms with E-state index in [4.69, 9.17) is 5.73 Å². The first-order chi connectivity index (χ1) is 8.04. The lowest BCUT2D eigenvalue weighted by Gasteiger charge is -2.51. The number of hydrogen-bond donors (Lipinski definition) is 1. The fourth-order valence-corrected chi connectivity index (χ4v) is 4.11. The molecule has 1 saturated carbocycles. The molecular weight excluding hydrogens is 206 g/mol. The van der Waals surface area contributed by atoms with Crippen LogP contribution in [0.3, 0.4) is 0 Å². The predicted molar refractivity (Wildman–Crippen MR) is 71.9 cm³/mol. The van der Waals surface area contributed by atoms with Crippen molar-refractivity contribution in [2.75, 3.05) is 0 Å². The summed E-state index contributed by atoms with van der Waals surface area (Å²) >= 11 is 0. The van der Waals surface area contributed by atoms with Crippen molar-refractivity contribution in [2.45, 2.75) is 56.9 Å². The molecule has 0 saturated heterocycles. The topological polar surface area (TPSA) is 26.0 Å². The highest BCUT2D eigenvalue weighted by atomic mass is 14.8. The Morgan fingerprint density at radius 2 is 1.82 bits per heavy atom. The van der Waals surface area contributed by atoms with Crippen LogP contribution in [0.25, 0.3) is 0 Å². The molecular formula is C16H23N. The second-order valence-electron chi connectivity index (χ2n) is 6.62. The van der Waals surface area contributed by atoms with E-state index in [1.807, 2.05) is 0 Å². The third-order valence-electron chi connectivity index (χ3n) is 5.04. The van der Waals surface area contributed by atoms with Gasteiger partial charge in [0.25, 0.3) is 0 Å². The maximum absolute atomic E-state index is 6.80. The molecule has 3 rings (SSSR count). The van der Waals surface area contributed by atoms with E-state index in [1.165, 1.54) is 43.2 Å². The molecule has 1 aromatic carbocycles. The van der Waals surface area contributed by atoms with Crippen LogP contribution in [-0.2, 0) is 11.0 Å². The lowest BCUT2D eigenvalue weighted by Crippen LogP contribution is -2.52. The van der Waals surface area contributed by atoms with E-state index in [9.17, 15) is 0 Å². The fourth-order valence-electron chi connectivity index (χ4n) is 4.11. The highest BCUT2D eigenvalue weighted by Gasteiger charge is 2.47. The van der Waals surface area contributed by atoms with E-state index in [0.29, 0.717) is 11.3 Å². The molecule has 1 aromatic rings. The highest BCUT2D eigenvalue weighted by molar-refractivity contribution is 5.42. The molecule has 1 fully saturated rings. The van der Waals surface area contributed by atoms with E-state index in [2.05, 4.69) is 38.1 Å². The van der Waals surface area contributed by atoms with Crippen molar-refractivity contribution >= 4 is 0 Å². The van der Waals surface area contributed by atoms with Gasteiger partial charge in [0, 0.05) is 5.54 Å². The molecule has 0 radical (unpaired) electrons. The van der Waals surface area contributed by atoms with E-state index < -0.39 is 0 Å². The third kappa shape index (κ3) is 1.55. The van der Waals surface area contributed by atoms with Crippen molar-refractivity contribution < 1.29 is 0 Å². The van der Waals surface area contributed by atoms with Gasteiger partial charge in [0.2, 0.25) is 0 Å². The number of hydrogen-bond acceptors (Lipinski definition) is 1. The van der Waals surface area contributed by atoms with Gasteiger partial charge in [0.05, 0.1) is 0 Å². The molecule has 0 spiro atoms. The van der Waals surface area contributed by atoms with Gasteiger partial charge >= 0.3 is 0 Å². The van der Waals surface area contributed by atoms with E-state index in [1.54, 1.807) is 0 Å². The molecule has 0 amide bonds. The van der Waals surface area contributed by atoms with Gasteiger partial charge in [-0.05, 0) is 41.7 Å². The second-order valence-corrected chi connectivity index (χ2v) is 6.62. The Hall–Kier alpha value is -0.820. The first-order valence-electron chi connectivity index (χ1n) is 6.93. The maximum atomic E-state index is 6.80. The molecule has 2 N–H and O–H groups in total. The van der Waals surface area contributed by atoms with Crippen molar-refractivity contribution in [1.29, 1.82) is 0 Å². The van der Waals surface area contributed by atoms with Crippen molar-refractivity contribution in [3.8, 4) is 0 Å². The zero-order valence-corrected chi connectivity index (χ0v) is 11.0. The Balaban J connectivity index is 2.17. The predicted octanol–water partition coefficient (Wildman–Crippen LogP) is 3.71. The normalized spacial score (nSPS) is 34.9. The van der Waals surface area contributed by atoms with Gasteiger partial charge in [-0.15, -0.1) is 0 Å². The van der Waals surface area contributed by atoms with Crippen molar-refractivity contribution in [3.63, 3.8) is 0 Å². The van der Waals surface area contributed by atoms with Crippen LogP contribution in [0.5, 0.6) is 0 Å². The summed E-state index contributed by atoms with van der Waals surface area (Å²) in [5.74, 6) is 0.682. The Bertz CT molecular complexity index is 435. The monoisotopic (exact) mass is 229 g/mol. The molecule has 17 heavy (non-hydrogen) atoms. The quantitative estimate of drug-likeness (QED) is 0.721. The van der Waals surface area contributed by atoms with Crippen LogP contribution in [-0.4, -0.2) is 0 Å². The van der Waals surface area contributed by atoms with Crippen molar-refractivity contribution in [2.24, 2.45) is 11.7 Å². The molecule has 0 heterocycles. The van der Waals surface area contributed by atoms with Crippen LogP contribution >= 0.6 is 0 Å². The van der Waals surface area contributed by atoms with Crippen LogP contribution in [0.4, 0.5) is 0 Å². The standard InChI is InChI=1S/C16H23N/c1-15(2)11-12-7-5-6-10-16(12,17)14-9-4-3-8-13(14)15/h3-4,8-9,12H,5-7,10-11,17H2,1-2H3/t12-,16+/m0/s1. The molecule has 92 valence electrons. The number of benzene rings is 1. The summed E-state index contributed by atoms with van der Waals surface area (Å²) in [4.78, 5) is 0. The minimum Gasteiger partial charge on any atom is -0.321 e. The largest absolute Gasteiger partial charge is 0.321 e. The first-order valence-corrected chi connectivity index (χ1v) is 6.93. The molecule has 2 aliphatic carbocycles. The molecule has 1 heteroatoms. The summed E-state index contributed by atoms with van der Waals surface area (Å²) < 4.78 is 0. The summed E-state index contributed by atoms with van der Waals surface area (Å²) in [7, 11) is 0. The summed E-state index contributed by atoms with van der Waals surface area (Å²) in [5.41, 5.74) is 9.97. The minimum absolute atomic E-state index is 0.0373. The number of rotatable bonds is 0. The third-order valence-corrected chi connectivity index (χ3v) is 5.04. The summed E-state index contributed by atoms with van der Waals surface area (Å²) in [6, 6.07) is 8.87. The molecule has 1 nitrogen and oxygen atoms in total. The zero-order chi connectivity index (χ0) is 12.1. The van der Waals surface area contributed by atoms with Gasteiger partial charge < -0.3 is 5.73 Å². The Labute approximate surface area is 104 Å². The van der Waals surface area contributed by atoms with Crippen LogP contribution < -0.4 is 5.73 Å². The molecule has 0 aliphatic heterocycles. The average Bonchev–Trinajstić information content (AvgIpc) is 2.31. The van der Waals surface area contributed by atoms with Crippen molar-refractivity contribution in [1.82, 2.24) is 0 Å². The van der Waals surface area contributed by atoms with E-state index >= 15 is 0 Å². The molecule has 2 atom stereocenters. The van der Waals surface area contributed by atoms with Gasteiger partial charge in [-0.2, -0.15) is 0 Å². The lowest BCUT2D eigenvalue weighted by atomic mass is 9.56. The Morgan fingerprint density at radius 1 is 1.12 bits per heavy atom. The van der Waals surface area contributed by atoms with Gasteiger partial charge in [0.1, 0.15) is 0 Å². The highest BCUT2D eigenvalue weighted by Crippen LogP contribution is 2.52. The zero-order valence-electron chi connectivity index (χ0n) is 11.0. The van der Waals surface area contributed by atoms with Gasteiger partial charge in [-0.1, -0.05) is 51.0 Å². The van der Waals surface area contributed by atoms with Crippen LogP contribution in [0, 0.1) is 5.92 Å². The Morgan fingerprint density at radius 3 is 2.59 bits per heavy atom. The fraction of sp³-hybridized carbons (Fsp3) is 0.625.